The van der Waals surface area contributed by atoms with Crippen LogP contribution in [0.3, 0.4) is 0 Å². The lowest BCUT2D eigenvalue weighted by atomic mass is 10.0. The molecule has 0 radical (unpaired) electrons. The number of likely N-dealkylation sites (tertiary alicyclic amines) is 1. The number of halogens is 2. The van der Waals surface area contributed by atoms with Crippen LogP contribution in [0, 0.1) is 11.6 Å². The molecular formula is C33H40F2N6O5. The number of pyridine rings is 1. The van der Waals surface area contributed by atoms with Gasteiger partial charge in [0, 0.05) is 66.7 Å². The van der Waals surface area contributed by atoms with Crippen LogP contribution in [-0.4, -0.2) is 75.1 Å². The molecule has 4 aromatic rings. The zero-order valence-corrected chi connectivity index (χ0v) is 26.9. The first-order valence-corrected chi connectivity index (χ1v) is 15.7. The first-order chi connectivity index (χ1) is 22.1. The Balaban J connectivity index is 1.30. The van der Waals surface area contributed by atoms with Crippen LogP contribution in [0.1, 0.15) is 76.4 Å². The van der Waals surface area contributed by atoms with E-state index >= 15 is 8.78 Å². The normalized spacial score (nSPS) is 17.8. The maximum absolute atomic E-state index is 15.4. The lowest BCUT2D eigenvalue weighted by molar-refractivity contribution is -0.0372. The van der Waals surface area contributed by atoms with Crippen LogP contribution >= 0.6 is 0 Å². The van der Waals surface area contributed by atoms with Gasteiger partial charge in [-0.15, -0.1) is 0 Å². The molecule has 0 spiro atoms. The molecule has 5 heterocycles. The Morgan fingerprint density at radius 2 is 1.72 bits per heavy atom. The average molecular weight is 639 g/mol. The molecule has 13 heteroatoms. The minimum Gasteiger partial charge on any atom is -0.494 e. The third-order valence-electron chi connectivity index (χ3n) is 8.49. The maximum Gasteiger partial charge on any atom is 0.410 e. The fraction of sp³-hybridized carbons (Fsp3) is 0.515. The fourth-order valence-electron chi connectivity index (χ4n) is 6.08. The highest BCUT2D eigenvalue weighted by molar-refractivity contribution is 5.84. The molecule has 0 aliphatic carbocycles. The van der Waals surface area contributed by atoms with Gasteiger partial charge >= 0.3 is 6.09 Å². The molecule has 1 amide bonds. The first-order valence-electron chi connectivity index (χ1n) is 15.7. The van der Waals surface area contributed by atoms with Gasteiger partial charge in [0.1, 0.15) is 5.60 Å². The predicted octanol–water partition coefficient (Wildman–Crippen LogP) is 6.45. The molecule has 246 valence electrons. The quantitative estimate of drug-likeness (QED) is 0.227. The highest BCUT2D eigenvalue weighted by Crippen LogP contribution is 2.36. The molecule has 3 aromatic heterocycles. The second-order valence-corrected chi connectivity index (χ2v) is 12.8. The van der Waals surface area contributed by atoms with Gasteiger partial charge < -0.3 is 23.8 Å². The molecule has 2 aliphatic heterocycles. The molecule has 0 N–H and O–H groups in total. The number of fused-ring (bicyclic) bond motifs is 1. The van der Waals surface area contributed by atoms with Gasteiger partial charge in [0.25, 0.3) is 0 Å². The van der Waals surface area contributed by atoms with E-state index in [2.05, 4.69) is 5.10 Å². The number of carbonyl (C=O) groups excluding carboxylic acids is 1. The predicted molar refractivity (Wildman–Crippen MR) is 166 cm³/mol. The van der Waals surface area contributed by atoms with Crippen molar-refractivity contribution in [1.82, 2.24) is 29.4 Å². The van der Waals surface area contributed by atoms with E-state index in [1.807, 2.05) is 37.7 Å². The standard InChI is InChI=1S/C33H40F2N6O5/c1-33(2,3)46-32(42)39-11-9-22(10-12-39)40-19-21(18-37-40)20-14-23-25(15-24-29(34)26(43-4)16-27(44-5)30(24)35)38-41(31(23)36-17-20)28-8-6-7-13-45-28/h14,16-19,22,28H,6-13,15H2,1-5H3. The number of carbonyl (C=O) groups is 1. The number of hydrogen-bond donors (Lipinski definition) is 0. The number of benzene rings is 1. The molecule has 2 aliphatic rings. The number of nitrogens with zero attached hydrogens (tertiary/aromatic N) is 6. The summed E-state index contributed by atoms with van der Waals surface area (Å²) in [4.78, 5) is 19.0. The molecule has 11 nitrogen and oxygen atoms in total. The highest BCUT2D eigenvalue weighted by atomic mass is 19.1. The van der Waals surface area contributed by atoms with Gasteiger partial charge in [-0.25, -0.2) is 23.2 Å². The van der Waals surface area contributed by atoms with Crippen molar-refractivity contribution in [1.29, 1.82) is 0 Å². The highest BCUT2D eigenvalue weighted by Gasteiger charge is 2.29. The van der Waals surface area contributed by atoms with Crippen LogP contribution in [0.15, 0.2) is 30.7 Å². The summed E-state index contributed by atoms with van der Waals surface area (Å²) in [6.07, 6.45) is 8.93. The third-order valence-corrected chi connectivity index (χ3v) is 8.49. The van der Waals surface area contributed by atoms with Crippen LogP contribution in [0.5, 0.6) is 11.5 Å². The van der Waals surface area contributed by atoms with Crippen LogP contribution in [-0.2, 0) is 15.9 Å². The fourth-order valence-corrected chi connectivity index (χ4v) is 6.08. The van der Waals surface area contributed by atoms with Gasteiger partial charge in [-0.3, -0.25) is 4.68 Å². The van der Waals surface area contributed by atoms with Crippen molar-refractivity contribution in [3.8, 4) is 22.6 Å². The van der Waals surface area contributed by atoms with Crippen molar-refractivity contribution >= 4 is 17.1 Å². The SMILES string of the molecule is COc1cc(OC)c(F)c(Cc2nn(C3CCCCO3)c3ncc(-c4cnn(C5CCN(C(=O)OC(C)(C)C)CC5)c4)cc23)c1F. The Kier molecular flexibility index (Phi) is 8.86. The molecule has 0 bridgehead atoms. The van der Waals surface area contributed by atoms with Gasteiger partial charge in [-0.1, -0.05) is 0 Å². The van der Waals surface area contributed by atoms with E-state index in [0.29, 0.717) is 36.4 Å². The molecule has 1 aromatic carbocycles. The van der Waals surface area contributed by atoms with E-state index in [0.717, 1.165) is 43.2 Å². The van der Waals surface area contributed by atoms with Crippen LogP contribution in [0.25, 0.3) is 22.2 Å². The summed E-state index contributed by atoms with van der Waals surface area (Å²) in [6, 6.07) is 3.25. The summed E-state index contributed by atoms with van der Waals surface area (Å²) in [6.45, 7) is 7.34. The second kappa shape index (κ2) is 12.9. The number of methoxy groups -OCH3 is 2. The summed E-state index contributed by atoms with van der Waals surface area (Å²) in [5, 5.41) is 10.1. The molecule has 46 heavy (non-hydrogen) atoms. The lowest BCUT2D eigenvalue weighted by Gasteiger charge is -2.33. The third kappa shape index (κ3) is 6.37. The van der Waals surface area contributed by atoms with Crippen molar-refractivity contribution in [2.24, 2.45) is 0 Å². The van der Waals surface area contributed by atoms with Gasteiger partial charge in [-0.2, -0.15) is 10.2 Å². The largest absolute Gasteiger partial charge is 0.494 e. The number of amides is 1. The molecule has 2 fully saturated rings. The van der Waals surface area contributed by atoms with E-state index in [9.17, 15) is 4.79 Å². The van der Waals surface area contributed by atoms with Crippen molar-refractivity contribution < 1.29 is 32.5 Å². The van der Waals surface area contributed by atoms with Crippen molar-refractivity contribution in [3.05, 3.63) is 53.6 Å². The van der Waals surface area contributed by atoms with Gasteiger partial charge in [0.15, 0.2) is 35.0 Å². The molecule has 2 saturated heterocycles. The second-order valence-electron chi connectivity index (χ2n) is 12.8. The Hall–Kier alpha value is -4.26. The van der Waals surface area contributed by atoms with E-state index in [4.69, 9.17) is 29.0 Å². The zero-order chi connectivity index (χ0) is 32.6. The molecule has 0 saturated carbocycles. The van der Waals surface area contributed by atoms with Gasteiger partial charge in [0.2, 0.25) is 0 Å². The molecule has 1 atom stereocenters. The van der Waals surface area contributed by atoms with E-state index in [-0.39, 0.29) is 41.8 Å². The Morgan fingerprint density at radius 3 is 2.35 bits per heavy atom. The summed E-state index contributed by atoms with van der Waals surface area (Å²) < 4.78 is 56.4. The van der Waals surface area contributed by atoms with E-state index < -0.39 is 17.2 Å². The summed E-state index contributed by atoms with van der Waals surface area (Å²) in [5.74, 6) is -1.84. The van der Waals surface area contributed by atoms with Crippen LogP contribution in [0.2, 0.25) is 0 Å². The summed E-state index contributed by atoms with van der Waals surface area (Å²) in [7, 11) is 2.65. The topological polar surface area (TPSA) is 106 Å². The smallest absolute Gasteiger partial charge is 0.410 e. The van der Waals surface area contributed by atoms with E-state index in [1.165, 1.54) is 20.3 Å². The van der Waals surface area contributed by atoms with Crippen LogP contribution in [0.4, 0.5) is 13.6 Å². The monoisotopic (exact) mass is 638 g/mol. The summed E-state index contributed by atoms with van der Waals surface area (Å²) in [5.41, 5.74) is 1.92. The molecule has 6 rings (SSSR count). The minimum atomic E-state index is -0.805. The van der Waals surface area contributed by atoms with E-state index in [1.54, 1.807) is 22.0 Å². The number of piperidine rings is 1. The van der Waals surface area contributed by atoms with Crippen molar-refractivity contribution in [2.45, 2.75) is 77.2 Å². The maximum atomic E-state index is 15.4. The number of aromatic nitrogens is 5. The Labute approximate surface area is 266 Å². The number of rotatable bonds is 7. The number of ether oxygens (including phenoxy) is 4. The zero-order valence-electron chi connectivity index (χ0n) is 26.9. The van der Waals surface area contributed by atoms with Gasteiger partial charge in [-0.05, 0) is 58.9 Å². The first kappa shape index (κ1) is 31.7. The van der Waals surface area contributed by atoms with Crippen molar-refractivity contribution in [2.75, 3.05) is 33.9 Å². The Bertz CT molecular complexity index is 1690. The van der Waals surface area contributed by atoms with Crippen molar-refractivity contribution in [3.63, 3.8) is 0 Å². The molecule has 1 unspecified atom stereocenters. The summed E-state index contributed by atoms with van der Waals surface area (Å²) >= 11 is 0. The van der Waals surface area contributed by atoms with Crippen LogP contribution < -0.4 is 9.47 Å². The molecular weight excluding hydrogens is 598 g/mol. The minimum absolute atomic E-state index is 0.115. The number of hydrogen-bond acceptors (Lipinski definition) is 8. The average Bonchev–Trinajstić information content (AvgIpc) is 3.68. The Morgan fingerprint density at radius 1 is 1.00 bits per heavy atom. The lowest BCUT2D eigenvalue weighted by Crippen LogP contribution is -2.42. The van der Waals surface area contributed by atoms with Gasteiger partial charge in [0.05, 0.1) is 32.2 Å².